The molecule has 1 aliphatic rings. The van der Waals surface area contributed by atoms with Crippen LogP contribution >= 0.6 is 11.6 Å². The Bertz CT molecular complexity index is 927. The molecule has 0 unspecified atom stereocenters. The molecule has 0 amide bonds. The smallest absolute Gasteiger partial charge is 0.335 e. The third-order valence-electron chi connectivity index (χ3n) is 4.04. The number of H-pyrrole nitrogens is 1. The zero-order valence-corrected chi connectivity index (χ0v) is 15.0. The van der Waals surface area contributed by atoms with Gasteiger partial charge in [-0.25, -0.2) is 9.36 Å². The Labute approximate surface area is 154 Å². The van der Waals surface area contributed by atoms with Gasteiger partial charge in [-0.2, -0.15) is 5.10 Å². The minimum Gasteiger partial charge on any atom is -0.493 e. The molecule has 0 saturated carbocycles. The highest BCUT2D eigenvalue weighted by Gasteiger charge is 2.21. The molecule has 1 fully saturated rings. The highest BCUT2D eigenvalue weighted by molar-refractivity contribution is 6.30. The summed E-state index contributed by atoms with van der Waals surface area (Å²) >= 11 is 5.87. The van der Waals surface area contributed by atoms with Gasteiger partial charge in [0, 0.05) is 5.02 Å². The summed E-state index contributed by atoms with van der Waals surface area (Å²) < 4.78 is 6.31. The summed E-state index contributed by atoms with van der Waals surface area (Å²) in [6, 6.07) is 6.35. The van der Waals surface area contributed by atoms with Gasteiger partial charge < -0.3 is 9.84 Å². The molecular formula is C17H19ClN4O4. The van der Waals surface area contributed by atoms with Crippen LogP contribution in [-0.2, 0) is 4.74 Å². The molecule has 26 heavy (non-hydrogen) atoms. The topological polar surface area (TPSA) is 99.9 Å². The third-order valence-corrected chi connectivity index (χ3v) is 4.30. The summed E-state index contributed by atoms with van der Waals surface area (Å²) in [7, 11) is 0. The Morgan fingerprint density at radius 2 is 1.92 bits per heavy atom. The number of hydrogen-bond acceptors (Lipinski definition) is 6. The van der Waals surface area contributed by atoms with E-state index in [9.17, 15) is 14.7 Å². The van der Waals surface area contributed by atoms with E-state index in [1.807, 2.05) is 6.92 Å². The maximum Gasteiger partial charge on any atom is 0.335 e. The van der Waals surface area contributed by atoms with Crippen molar-refractivity contribution in [1.29, 1.82) is 0 Å². The molecule has 1 aromatic carbocycles. The summed E-state index contributed by atoms with van der Waals surface area (Å²) in [5.41, 5.74) is -0.648. The van der Waals surface area contributed by atoms with Gasteiger partial charge in [0.1, 0.15) is 5.56 Å². The van der Waals surface area contributed by atoms with E-state index in [-0.39, 0.29) is 5.56 Å². The lowest BCUT2D eigenvalue weighted by molar-refractivity contribution is 0.0393. The fourth-order valence-corrected chi connectivity index (χ4v) is 2.86. The average Bonchev–Trinajstić information content (AvgIpc) is 2.63. The van der Waals surface area contributed by atoms with Crippen LogP contribution in [0.3, 0.4) is 0 Å². The molecule has 0 radical (unpaired) electrons. The molecular weight excluding hydrogens is 360 g/mol. The molecule has 9 heteroatoms. The maximum absolute atomic E-state index is 12.4. The number of nitrogens with zero attached hydrogens (tertiary/aromatic N) is 3. The lowest BCUT2D eigenvalue weighted by Gasteiger charge is -2.25. The number of aromatic amines is 1. The van der Waals surface area contributed by atoms with E-state index in [0.29, 0.717) is 49.1 Å². The van der Waals surface area contributed by atoms with Crippen molar-refractivity contribution < 1.29 is 9.84 Å². The largest absolute Gasteiger partial charge is 0.493 e. The first kappa shape index (κ1) is 18.2. The fraction of sp³-hybridized carbons (Fsp3) is 0.353. The van der Waals surface area contributed by atoms with Crippen LogP contribution in [0.2, 0.25) is 5.02 Å². The van der Waals surface area contributed by atoms with Crippen molar-refractivity contribution in [1.82, 2.24) is 14.6 Å². The Morgan fingerprint density at radius 3 is 2.54 bits per heavy atom. The molecule has 1 aromatic heterocycles. The van der Waals surface area contributed by atoms with Crippen LogP contribution in [0.4, 0.5) is 0 Å². The van der Waals surface area contributed by atoms with E-state index < -0.39 is 17.1 Å². The quantitative estimate of drug-likeness (QED) is 0.782. The maximum atomic E-state index is 12.4. The van der Waals surface area contributed by atoms with Crippen molar-refractivity contribution in [2.75, 3.05) is 26.3 Å². The van der Waals surface area contributed by atoms with Crippen LogP contribution in [0.1, 0.15) is 18.9 Å². The van der Waals surface area contributed by atoms with Crippen LogP contribution in [0.5, 0.6) is 5.88 Å². The fourth-order valence-electron chi connectivity index (χ4n) is 2.74. The second-order valence-corrected chi connectivity index (χ2v) is 6.17. The Kier molecular flexibility index (Phi) is 5.43. The summed E-state index contributed by atoms with van der Waals surface area (Å²) in [6.45, 7) is 4.12. The Morgan fingerprint density at radius 1 is 1.27 bits per heavy atom. The second kappa shape index (κ2) is 7.76. The van der Waals surface area contributed by atoms with Crippen LogP contribution in [0.15, 0.2) is 39.0 Å². The molecule has 8 nitrogen and oxygen atoms in total. The van der Waals surface area contributed by atoms with Crippen LogP contribution < -0.4 is 11.2 Å². The van der Waals surface area contributed by atoms with Gasteiger partial charge in [-0.15, -0.1) is 0 Å². The zero-order chi connectivity index (χ0) is 18.7. The summed E-state index contributed by atoms with van der Waals surface area (Å²) in [4.78, 5) is 26.9. The predicted octanol–water partition coefficient (Wildman–Crippen LogP) is 1.33. The minimum atomic E-state index is -0.736. The highest BCUT2D eigenvalue weighted by Crippen LogP contribution is 2.20. The lowest BCUT2D eigenvalue weighted by Crippen LogP contribution is -2.36. The number of aromatic hydroxyl groups is 1. The molecule has 1 aliphatic heterocycles. The first-order valence-electron chi connectivity index (χ1n) is 8.26. The highest BCUT2D eigenvalue weighted by atomic mass is 35.5. The first-order chi connectivity index (χ1) is 12.5. The Hall–Kier alpha value is -2.58. The van der Waals surface area contributed by atoms with Gasteiger partial charge in [0.15, 0.2) is 0 Å². The van der Waals surface area contributed by atoms with Crippen LogP contribution in [0, 0.1) is 0 Å². The van der Waals surface area contributed by atoms with Crippen molar-refractivity contribution in [2.45, 2.75) is 13.3 Å². The molecule has 2 aromatic rings. The average molecular weight is 379 g/mol. The molecule has 0 aliphatic carbocycles. The van der Waals surface area contributed by atoms with E-state index in [1.165, 1.54) is 0 Å². The monoisotopic (exact) mass is 378 g/mol. The SMILES string of the molecule is CCC(=NN1CCOCC1)c1c(O)n(-c2ccc(Cl)cc2)c(=O)[nH]c1=O. The number of benzene rings is 1. The number of hydrazone groups is 1. The summed E-state index contributed by atoms with van der Waals surface area (Å²) in [5.74, 6) is -0.449. The van der Waals surface area contributed by atoms with Crippen LogP contribution in [0.25, 0.3) is 5.69 Å². The van der Waals surface area contributed by atoms with E-state index in [0.717, 1.165) is 4.57 Å². The molecule has 2 heterocycles. The van der Waals surface area contributed by atoms with Crippen molar-refractivity contribution >= 4 is 17.3 Å². The van der Waals surface area contributed by atoms with E-state index in [1.54, 1.807) is 29.3 Å². The van der Waals surface area contributed by atoms with Gasteiger partial charge in [-0.3, -0.25) is 14.8 Å². The molecule has 3 rings (SSSR count). The van der Waals surface area contributed by atoms with Crippen molar-refractivity contribution in [3.63, 3.8) is 0 Å². The molecule has 0 atom stereocenters. The number of ether oxygens (including phenoxy) is 1. The van der Waals surface area contributed by atoms with Gasteiger partial charge in [0.05, 0.1) is 37.7 Å². The lowest BCUT2D eigenvalue weighted by atomic mass is 10.1. The van der Waals surface area contributed by atoms with Crippen molar-refractivity contribution in [2.24, 2.45) is 5.10 Å². The van der Waals surface area contributed by atoms with E-state index in [2.05, 4.69) is 10.1 Å². The van der Waals surface area contributed by atoms with Gasteiger partial charge in [-0.1, -0.05) is 18.5 Å². The number of hydrogen-bond donors (Lipinski definition) is 2. The van der Waals surface area contributed by atoms with Gasteiger partial charge >= 0.3 is 5.69 Å². The number of nitrogens with one attached hydrogen (secondary N) is 1. The van der Waals surface area contributed by atoms with Crippen LogP contribution in [-0.4, -0.2) is 51.7 Å². The predicted molar refractivity (Wildman–Crippen MR) is 98.6 cm³/mol. The molecule has 1 saturated heterocycles. The van der Waals surface area contributed by atoms with Crippen molar-refractivity contribution in [3.05, 3.63) is 55.7 Å². The first-order valence-corrected chi connectivity index (χ1v) is 8.64. The molecule has 0 bridgehead atoms. The van der Waals surface area contributed by atoms with E-state index >= 15 is 0 Å². The van der Waals surface area contributed by atoms with Gasteiger partial charge in [-0.05, 0) is 30.7 Å². The molecule has 2 N–H and O–H groups in total. The Balaban J connectivity index is 2.13. The molecule has 0 spiro atoms. The number of aromatic nitrogens is 2. The van der Waals surface area contributed by atoms with Gasteiger partial charge in [0.25, 0.3) is 5.56 Å². The third kappa shape index (κ3) is 3.66. The molecule has 138 valence electrons. The standard InChI is InChI=1S/C17H19ClN4O4/c1-2-13(20-21-7-9-26-10-8-21)14-15(23)19-17(25)22(16(14)24)12-5-3-11(18)4-6-12/h3-6,24H,2,7-10H2,1H3,(H,19,23,25). The normalized spacial score (nSPS) is 15.3. The number of morpholine rings is 1. The van der Waals surface area contributed by atoms with Crippen molar-refractivity contribution in [3.8, 4) is 11.6 Å². The minimum absolute atomic E-state index is 0.0199. The van der Waals surface area contributed by atoms with E-state index in [4.69, 9.17) is 16.3 Å². The number of halogens is 1. The van der Waals surface area contributed by atoms with Gasteiger partial charge in [0.2, 0.25) is 5.88 Å². The second-order valence-electron chi connectivity index (χ2n) is 5.74. The summed E-state index contributed by atoms with van der Waals surface area (Å²) in [5, 5.41) is 17.5. The number of rotatable bonds is 4. The summed E-state index contributed by atoms with van der Waals surface area (Å²) in [6.07, 6.45) is 0.410. The zero-order valence-electron chi connectivity index (χ0n) is 14.2.